The van der Waals surface area contributed by atoms with E-state index < -0.39 is 17.9 Å². The molecule has 5 nitrogen and oxygen atoms in total. The molecule has 0 aromatic heterocycles. The molecule has 0 heterocycles. The van der Waals surface area contributed by atoms with Crippen molar-refractivity contribution < 1.29 is 14.7 Å². The second-order valence-corrected chi connectivity index (χ2v) is 4.82. The van der Waals surface area contributed by atoms with E-state index in [1.165, 1.54) is 0 Å². The van der Waals surface area contributed by atoms with Crippen LogP contribution in [-0.2, 0) is 9.59 Å². The standard InChI is InChI=1S/C14H20N2O3/c1-9(2)12(15)13(17)16-8-11(14(18)19)10-6-4-3-5-7-10/h3-7,9,11-12H,8,15H2,1-2H3,(H,16,17)(H,18,19). The number of hydrogen-bond donors (Lipinski definition) is 3. The van der Waals surface area contributed by atoms with Crippen molar-refractivity contribution in [3.05, 3.63) is 35.9 Å². The van der Waals surface area contributed by atoms with E-state index in [1.807, 2.05) is 19.9 Å². The maximum Gasteiger partial charge on any atom is 0.312 e. The van der Waals surface area contributed by atoms with Gasteiger partial charge in [0.05, 0.1) is 12.0 Å². The minimum atomic E-state index is -0.968. The first kappa shape index (κ1) is 15.2. The first-order chi connectivity index (χ1) is 8.93. The average Bonchev–Trinajstić information content (AvgIpc) is 2.38. The Morgan fingerprint density at radius 1 is 1.26 bits per heavy atom. The summed E-state index contributed by atoms with van der Waals surface area (Å²) in [6.07, 6.45) is 0. The topological polar surface area (TPSA) is 92.4 Å². The van der Waals surface area contributed by atoms with Gasteiger partial charge in [0, 0.05) is 6.54 Å². The molecule has 0 saturated heterocycles. The lowest BCUT2D eigenvalue weighted by atomic mass is 9.98. The molecule has 1 amide bonds. The van der Waals surface area contributed by atoms with Crippen molar-refractivity contribution in [1.29, 1.82) is 0 Å². The van der Waals surface area contributed by atoms with Crippen LogP contribution in [0.4, 0.5) is 0 Å². The molecule has 2 atom stereocenters. The molecule has 4 N–H and O–H groups in total. The normalized spacial score (nSPS) is 13.9. The number of benzene rings is 1. The summed E-state index contributed by atoms with van der Waals surface area (Å²) >= 11 is 0. The number of carboxylic acid groups (broad SMARTS) is 1. The van der Waals surface area contributed by atoms with Gasteiger partial charge in [-0.3, -0.25) is 9.59 Å². The molecule has 0 aliphatic heterocycles. The smallest absolute Gasteiger partial charge is 0.312 e. The summed E-state index contributed by atoms with van der Waals surface area (Å²) < 4.78 is 0. The van der Waals surface area contributed by atoms with E-state index in [9.17, 15) is 14.7 Å². The van der Waals surface area contributed by atoms with Gasteiger partial charge in [0.2, 0.25) is 5.91 Å². The van der Waals surface area contributed by atoms with Crippen LogP contribution in [0.15, 0.2) is 30.3 Å². The number of nitrogens with one attached hydrogen (secondary N) is 1. The molecule has 0 spiro atoms. The van der Waals surface area contributed by atoms with Crippen LogP contribution in [0.5, 0.6) is 0 Å². The van der Waals surface area contributed by atoms with Gasteiger partial charge in [0.15, 0.2) is 0 Å². The third-order valence-electron chi connectivity index (χ3n) is 3.00. The number of carboxylic acids is 1. The zero-order valence-electron chi connectivity index (χ0n) is 11.2. The fraction of sp³-hybridized carbons (Fsp3) is 0.429. The lowest BCUT2D eigenvalue weighted by molar-refractivity contribution is -0.138. The van der Waals surface area contributed by atoms with E-state index in [0.717, 1.165) is 0 Å². The third-order valence-corrected chi connectivity index (χ3v) is 3.00. The van der Waals surface area contributed by atoms with Crippen molar-refractivity contribution in [1.82, 2.24) is 5.32 Å². The van der Waals surface area contributed by atoms with Crippen LogP contribution in [0.25, 0.3) is 0 Å². The number of nitrogens with two attached hydrogens (primary N) is 1. The van der Waals surface area contributed by atoms with Gasteiger partial charge in [-0.2, -0.15) is 0 Å². The van der Waals surface area contributed by atoms with Gasteiger partial charge in [0.1, 0.15) is 0 Å². The Balaban J connectivity index is 2.67. The van der Waals surface area contributed by atoms with Crippen molar-refractivity contribution in [2.75, 3.05) is 6.54 Å². The summed E-state index contributed by atoms with van der Waals surface area (Å²) in [6, 6.07) is 8.20. The molecule has 0 fully saturated rings. The lowest BCUT2D eigenvalue weighted by Gasteiger charge is -2.18. The highest BCUT2D eigenvalue weighted by Gasteiger charge is 2.23. The Bertz CT molecular complexity index is 432. The van der Waals surface area contributed by atoms with E-state index in [2.05, 4.69) is 5.32 Å². The lowest BCUT2D eigenvalue weighted by Crippen LogP contribution is -2.45. The number of carbonyl (C=O) groups excluding carboxylic acids is 1. The van der Waals surface area contributed by atoms with Crippen LogP contribution in [0.1, 0.15) is 25.3 Å². The average molecular weight is 264 g/mol. The summed E-state index contributed by atoms with van der Waals surface area (Å²) in [5.74, 6) is -2.04. The molecular weight excluding hydrogens is 244 g/mol. The fourth-order valence-corrected chi connectivity index (χ4v) is 1.66. The Morgan fingerprint density at radius 3 is 2.32 bits per heavy atom. The van der Waals surface area contributed by atoms with Crippen LogP contribution in [0.2, 0.25) is 0 Å². The van der Waals surface area contributed by atoms with Crippen molar-refractivity contribution in [2.24, 2.45) is 11.7 Å². The molecule has 19 heavy (non-hydrogen) atoms. The molecule has 0 aliphatic rings. The molecular formula is C14H20N2O3. The summed E-state index contributed by atoms with van der Waals surface area (Å²) in [5.41, 5.74) is 6.36. The monoisotopic (exact) mass is 264 g/mol. The highest BCUT2D eigenvalue weighted by atomic mass is 16.4. The first-order valence-electron chi connectivity index (χ1n) is 6.24. The second kappa shape index (κ2) is 6.89. The molecule has 5 heteroatoms. The van der Waals surface area contributed by atoms with Gasteiger partial charge in [-0.25, -0.2) is 0 Å². The minimum Gasteiger partial charge on any atom is -0.481 e. The SMILES string of the molecule is CC(C)C(N)C(=O)NCC(C(=O)O)c1ccccc1. The summed E-state index contributed by atoms with van der Waals surface area (Å²) in [4.78, 5) is 22.9. The Morgan fingerprint density at radius 2 is 1.84 bits per heavy atom. The molecule has 0 saturated carbocycles. The molecule has 0 bridgehead atoms. The van der Waals surface area contributed by atoms with Gasteiger partial charge >= 0.3 is 5.97 Å². The highest BCUT2D eigenvalue weighted by molar-refractivity contribution is 5.83. The van der Waals surface area contributed by atoms with E-state index in [-0.39, 0.29) is 18.4 Å². The number of aliphatic carboxylic acids is 1. The van der Waals surface area contributed by atoms with Crippen LogP contribution in [-0.4, -0.2) is 29.6 Å². The largest absolute Gasteiger partial charge is 0.481 e. The second-order valence-electron chi connectivity index (χ2n) is 4.82. The number of amides is 1. The van der Waals surface area contributed by atoms with Crippen molar-refractivity contribution >= 4 is 11.9 Å². The van der Waals surface area contributed by atoms with Gasteiger partial charge in [-0.15, -0.1) is 0 Å². The maximum absolute atomic E-state index is 11.7. The summed E-state index contributed by atoms with van der Waals surface area (Å²) in [6.45, 7) is 3.73. The zero-order valence-corrected chi connectivity index (χ0v) is 11.2. The van der Waals surface area contributed by atoms with E-state index in [1.54, 1.807) is 24.3 Å². The number of hydrogen-bond acceptors (Lipinski definition) is 3. The maximum atomic E-state index is 11.7. The van der Waals surface area contributed by atoms with Gasteiger partial charge in [-0.1, -0.05) is 44.2 Å². The van der Waals surface area contributed by atoms with Crippen molar-refractivity contribution in [2.45, 2.75) is 25.8 Å². The van der Waals surface area contributed by atoms with Crippen LogP contribution >= 0.6 is 0 Å². The molecule has 1 aromatic rings. The summed E-state index contributed by atoms with van der Waals surface area (Å²) in [5, 5.41) is 11.8. The van der Waals surface area contributed by atoms with Crippen molar-refractivity contribution in [3.8, 4) is 0 Å². The number of rotatable bonds is 6. The predicted octanol–water partition coefficient (Wildman–Crippen LogP) is 0.954. The van der Waals surface area contributed by atoms with Gasteiger partial charge in [-0.05, 0) is 11.5 Å². The van der Waals surface area contributed by atoms with E-state index in [4.69, 9.17) is 5.73 Å². The van der Waals surface area contributed by atoms with E-state index in [0.29, 0.717) is 5.56 Å². The van der Waals surface area contributed by atoms with Crippen LogP contribution in [0, 0.1) is 5.92 Å². The molecule has 0 radical (unpaired) electrons. The zero-order chi connectivity index (χ0) is 14.4. The Hall–Kier alpha value is -1.88. The molecule has 1 aromatic carbocycles. The van der Waals surface area contributed by atoms with Crippen LogP contribution < -0.4 is 11.1 Å². The third kappa shape index (κ3) is 4.37. The fourth-order valence-electron chi connectivity index (χ4n) is 1.66. The summed E-state index contributed by atoms with van der Waals surface area (Å²) in [7, 11) is 0. The highest BCUT2D eigenvalue weighted by Crippen LogP contribution is 2.14. The van der Waals surface area contributed by atoms with Crippen molar-refractivity contribution in [3.63, 3.8) is 0 Å². The Labute approximate surface area is 112 Å². The molecule has 104 valence electrons. The molecule has 2 unspecified atom stereocenters. The van der Waals surface area contributed by atoms with Gasteiger partial charge < -0.3 is 16.2 Å². The predicted molar refractivity (Wildman–Crippen MR) is 72.6 cm³/mol. The quantitative estimate of drug-likeness (QED) is 0.713. The van der Waals surface area contributed by atoms with Crippen LogP contribution in [0.3, 0.4) is 0 Å². The Kier molecular flexibility index (Phi) is 5.51. The number of carbonyl (C=O) groups is 2. The van der Waals surface area contributed by atoms with Gasteiger partial charge in [0.25, 0.3) is 0 Å². The molecule has 0 aliphatic carbocycles. The van der Waals surface area contributed by atoms with E-state index >= 15 is 0 Å². The first-order valence-corrected chi connectivity index (χ1v) is 6.24. The molecule has 1 rings (SSSR count). The minimum absolute atomic E-state index is 0.0139.